The Morgan fingerprint density at radius 1 is 0.774 bits per heavy atom. The predicted molar refractivity (Wildman–Crippen MR) is 121 cm³/mol. The van der Waals surface area contributed by atoms with Gasteiger partial charge in [-0.25, -0.2) is 0 Å². The number of benzene rings is 3. The fourth-order valence-corrected chi connectivity index (χ4v) is 4.33. The van der Waals surface area contributed by atoms with Crippen molar-refractivity contribution in [2.75, 3.05) is 21.3 Å². The Balaban J connectivity index is 1.43. The molecule has 0 bridgehead atoms. The second-order valence-corrected chi connectivity index (χ2v) is 7.81. The molecule has 0 aliphatic carbocycles. The minimum Gasteiger partial charge on any atom is -0.493 e. The van der Waals surface area contributed by atoms with Crippen molar-refractivity contribution in [3.63, 3.8) is 0 Å². The van der Waals surface area contributed by atoms with E-state index in [4.69, 9.17) is 18.6 Å². The molecule has 5 heteroatoms. The molecular formula is C26H25NO4. The summed E-state index contributed by atoms with van der Waals surface area (Å²) in [7, 11) is 5.04. The summed E-state index contributed by atoms with van der Waals surface area (Å²) in [5.74, 6) is 3.16. The highest BCUT2D eigenvalue weighted by molar-refractivity contribution is 5.88. The predicted octanol–water partition coefficient (Wildman–Crippen LogP) is 5.64. The molecule has 0 saturated carbocycles. The number of furan rings is 1. The summed E-state index contributed by atoms with van der Waals surface area (Å²) < 4.78 is 22.7. The largest absolute Gasteiger partial charge is 0.493 e. The van der Waals surface area contributed by atoms with Gasteiger partial charge in [-0.15, -0.1) is 0 Å². The fourth-order valence-electron chi connectivity index (χ4n) is 4.33. The van der Waals surface area contributed by atoms with Crippen LogP contribution in [0.1, 0.15) is 16.7 Å². The van der Waals surface area contributed by atoms with Gasteiger partial charge in [0.15, 0.2) is 22.8 Å². The molecule has 0 atom stereocenters. The van der Waals surface area contributed by atoms with E-state index in [2.05, 4.69) is 47.4 Å². The molecule has 3 aromatic carbocycles. The molecule has 0 unspecified atom stereocenters. The zero-order chi connectivity index (χ0) is 21.4. The first-order valence-electron chi connectivity index (χ1n) is 10.3. The van der Waals surface area contributed by atoms with Crippen LogP contribution in [0.3, 0.4) is 0 Å². The Kier molecular flexibility index (Phi) is 5.04. The Morgan fingerprint density at radius 2 is 1.42 bits per heavy atom. The molecule has 0 amide bonds. The van der Waals surface area contributed by atoms with E-state index in [0.717, 1.165) is 59.2 Å². The molecular weight excluding hydrogens is 390 g/mol. The molecule has 0 fully saturated rings. The second-order valence-electron chi connectivity index (χ2n) is 7.81. The Labute approximate surface area is 181 Å². The van der Waals surface area contributed by atoms with Crippen LogP contribution in [0.5, 0.6) is 17.2 Å². The second kappa shape index (κ2) is 8.00. The lowest BCUT2D eigenvalue weighted by molar-refractivity contribution is 0.275. The van der Waals surface area contributed by atoms with Crippen LogP contribution >= 0.6 is 0 Å². The molecule has 158 valence electrons. The number of hydrogen-bond acceptors (Lipinski definition) is 5. The highest BCUT2D eigenvalue weighted by Crippen LogP contribution is 2.37. The highest BCUT2D eigenvalue weighted by atomic mass is 16.5. The lowest BCUT2D eigenvalue weighted by Gasteiger charge is -2.15. The summed E-state index contributed by atoms with van der Waals surface area (Å²) in [5, 5.41) is 1.05. The van der Waals surface area contributed by atoms with Crippen molar-refractivity contribution < 1.29 is 18.6 Å². The normalized spacial score (nSPS) is 13.4. The Bertz CT molecular complexity index is 1200. The van der Waals surface area contributed by atoms with Gasteiger partial charge < -0.3 is 18.6 Å². The van der Waals surface area contributed by atoms with Gasteiger partial charge in [0.25, 0.3) is 0 Å². The van der Waals surface area contributed by atoms with Gasteiger partial charge in [0.2, 0.25) is 0 Å². The maximum Gasteiger partial charge on any atom is 0.176 e. The molecule has 0 spiro atoms. The Morgan fingerprint density at radius 3 is 2.03 bits per heavy atom. The van der Waals surface area contributed by atoms with E-state index >= 15 is 0 Å². The first kappa shape index (κ1) is 19.5. The number of hydrogen-bond donors (Lipinski definition) is 0. The van der Waals surface area contributed by atoms with Gasteiger partial charge in [-0.2, -0.15) is 0 Å². The van der Waals surface area contributed by atoms with Crippen LogP contribution in [0.2, 0.25) is 0 Å². The van der Waals surface area contributed by atoms with Crippen LogP contribution in [0, 0.1) is 0 Å². The molecule has 2 heterocycles. The van der Waals surface area contributed by atoms with E-state index in [0.29, 0.717) is 0 Å². The molecule has 1 aliphatic rings. The molecule has 1 aliphatic heterocycles. The number of nitrogens with zero attached hydrogens (tertiary/aromatic N) is 1. The number of ether oxygens (including phenoxy) is 3. The average Bonchev–Trinajstić information content (AvgIpc) is 3.41. The molecule has 4 aromatic rings. The number of rotatable bonds is 6. The van der Waals surface area contributed by atoms with Crippen molar-refractivity contribution in [2.45, 2.75) is 19.6 Å². The van der Waals surface area contributed by atoms with Crippen LogP contribution in [0.25, 0.3) is 22.3 Å². The van der Waals surface area contributed by atoms with Gasteiger partial charge in [0.05, 0.1) is 21.3 Å². The van der Waals surface area contributed by atoms with Gasteiger partial charge >= 0.3 is 0 Å². The number of fused-ring (bicyclic) bond motifs is 2. The smallest absolute Gasteiger partial charge is 0.176 e. The number of methoxy groups -OCH3 is 3. The molecule has 31 heavy (non-hydrogen) atoms. The van der Waals surface area contributed by atoms with Crippen LogP contribution in [-0.4, -0.2) is 26.2 Å². The molecule has 1 aromatic heterocycles. The van der Waals surface area contributed by atoms with Crippen LogP contribution in [-0.2, 0) is 19.6 Å². The first-order chi connectivity index (χ1) is 15.2. The van der Waals surface area contributed by atoms with Crippen molar-refractivity contribution in [3.8, 4) is 28.6 Å². The maximum atomic E-state index is 6.14. The zero-order valence-corrected chi connectivity index (χ0v) is 18.0. The van der Waals surface area contributed by atoms with Crippen LogP contribution in [0.15, 0.2) is 65.1 Å². The van der Waals surface area contributed by atoms with E-state index in [1.807, 2.05) is 18.2 Å². The van der Waals surface area contributed by atoms with Gasteiger partial charge in [-0.1, -0.05) is 30.3 Å². The molecule has 0 N–H and O–H groups in total. The molecule has 5 nitrogen and oxygen atoms in total. The summed E-state index contributed by atoms with van der Waals surface area (Å²) in [6.07, 6.45) is 0. The monoisotopic (exact) mass is 415 g/mol. The summed E-state index contributed by atoms with van der Waals surface area (Å²) in [6, 6.07) is 20.7. The minimum absolute atomic E-state index is 0.759. The summed E-state index contributed by atoms with van der Waals surface area (Å²) in [5.41, 5.74) is 5.58. The lowest BCUT2D eigenvalue weighted by Crippen LogP contribution is -2.15. The highest BCUT2D eigenvalue weighted by Gasteiger charge is 2.23. The van der Waals surface area contributed by atoms with Crippen LogP contribution < -0.4 is 14.2 Å². The van der Waals surface area contributed by atoms with E-state index < -0.39 is 0 Å². The van der Waals surface area contributed by atoms with Gasteiger partial charge in [-0.3, -0.25) is 4.90 Å². The van der Waals surface area contributed by atoms with E-state index in [1.54, 1.807) is 21.3 Å². The van der Waals surface area contributed by atoms with E-state index in [9.17, 15) is 0 Å². The first-order valence-corrected chi connectivity index (χ1v) is 10.3. The van der Waals surface area contributed by atoms with Crippen molar-refractivity contribution in [2.24, 2.45) is 0 Å². The third-order valence-electron chi connectivity index (χ3n) is 5.82. The third-order valence-corrected chi connectivity index (χ3v) is 5.82. The van der Waals surface area contributed by atoms with Gasteiger partial charge in [0.1, 0.15) is 5.76 Å². The van der Waals surface area contributed by atoms with Crippen molar-refractivity contribution in [1.29, 1.82) is 0 Å². The van der Waals surface area contributed by atoms with Crippen LogP contribution in [0.4, 0.5) is 0 Å². The topological polar surface area (TPSA) is 44.1 Å². The molecule has 0 saturated heterocycles. The zero-order valence-electron chi connectivity index (χ0n) is 18.0. The standard InChI is InChI=1S/C26H25NO4/c1-28-23-12-20-15-27(16-21(20)13-24(23)29-2)14-17-9-19-11-22(18-7-5-4-6-8-18)31-26(19)25(10-17)30-3/h4-13H,14-16H2,1-3H3. The summed E-state index contributed by atoms with van der Waals surface area (Å²) in [6.45, 7) is 2.56. The van der Waals surface area contributed by atoms with Gasteiger partial charge in [0, 0.05) is 30.6 Å². The Hall–Kier alpha value is -3.44. The average molecular weight is 415 g/mol. The van der Waals surface area contributed by atoms with Crippen molar-refractivity contribution >= 4 is 11.0 Å². The van der Waals surface area contributed by atoms with E-state index in [1.165, 1.54) is 16.7 Å². The quantitative estimate of drug-likeness (QED) is 0.408. The SMILES string of the molecule is COc1cc2c(cc1OC)CN(Cc1cc(OC)c3oc(-c4ccccc4)cc3c1)C2. The molecule has 0 radical (unpaired) electrons. The van der Waals surface area contributed by atoms with Gasteiger partial charge in [-0.05, 0) is 47.0 Å². The summed E-state index contributed by atoms with van der Waals surface area (Å²) >= 11 is 0. The minimum atomic E-state index is 0.759. The fraction of sp³-hybridized carbons (Fsp3) is 0.231. The molecule has 5 rings (SSSR count). The summed E-state index contributed by atoms with van der Waals surface area (Å²) in [4.78, 5) is 2.41. The third kappa shape index (κ3) is 3.62. The van der Waals surface area contributed by atoms with Crippen molar-refractivity contribution in [1.82, 2.24) is 4.90 Å². The lowest BCUT2D eigenvalue weighted by atomic mass is 10.1. The maximum absolute atomic E-state index is 6.14. The van der Waals surface area contributed by atoms with Crippen molar-refractivity contribution in [3.05, 3.63) is 77.4 Å². The van der Waals surface area contributed by atoms with E-state index in [-0.39, 0.29) is 0 Å².